The van der Waals surface area contributed by atoms with Gasteiger partial charge in [-0.25, -0.2) is 0 Å². The van der Waals surface area contributed by atoms with Crippen LogP contribution in [-0.2, 0) is 24.9 Å². The summed E-state index contributed by atoms with van der Waals surface area (Å²) in [5, 5.41) is 11.4. The maximum Gasteiger partial charge on any atom is 0.194 e. The van der Waals surface area contributed by atoms with Gasteiger partial charge in [0.2, 0.25) is 0 Å². The van der Waals surface area contributed by atoms with E-state index in [4.69, 9.17) is 0 Å². The molecule has 0 unspecified atom stereocenters. The number of rotatable bonds is 6. The first-order chi connectivity index (χ1) is 17.7. The Morgan fingerprint density at radius 3 is 2.24 bits per heavy atom. The molecule has 1 aromatic heterocycles. The first-order valence-corrected chi connectivity index (χ1v) is 12.7. The second-order valence-corrected chi connectivity index (χ2v) is 10.2. The number of aromatic nitrogens is 1. The molecule has 3 aromatic carbocycles. The molecule has 0 saturated heterocycles. The minimum absolute atomic E-state index is 0. The molecule has 1 N–H and O–H groups in total. The van der Waals surface area contributed by atoms with E-state index in [1.165, 1.54) is 6.08 Å². The van der Waals surface area contributed by atoms with Crippen LogP contribution < -0.4 is 0 Å². The molecule has 0 spiro atoms. The fraction of sp³-hybridized carbons (Fsp3) is 0.242. The summed E-state index contributed by atoms with van der Waals surface area (Å²) < 4.78 is 0. The standard InChI is InChI=1S/C22H12NO.C11H20O2.Ir/c24-22-17-9-5-4-8-16(17)19-13-18-15(12-20(19)22)10-11-23-21(18)14-6-2-1-3-7-14;1-8(2)5-10(12)7-11(13)6-9(3)4;/h1-6,8-13H;7-9,12H,5-6H2,1-4H3;/q-1;;/b;10-7-;. The molecule has 0 bridgehead atoms. The van der Waals surface area contributed by atoms with Crippen LogP contribution in [0.1, 0.15) is 56.5 Å². The van der Waals surface area contributed by atoms with Crippen LogP contribution in [0.4, 0.5) is 0 Å². The first-order valence-electron chi connectivity index (χ1n) is 12.7. The third kappa shape index (κ3) is 6.72. The molecule has 38 heavy (non-hydrogen) atoms. The molecule has 1 heterocycles. The van der Waals surface area contributed by atoms with Gasteiger partial charge in [-0.3, -0.25) is 9.59 Å². The molecule has 0 aliphatic heterocycles. The van der Waals surface area contributed by atoms with E-state index in [1.807, 2.05) is 88.4 Å². The molecule has 4 nitrogen and oxygen atoms in total. The van der Waals surface area contributed by atoms with Gasteiger partial charge in [0.1, 0.15) is 0 Å². The number of fused-ring (bicyclic) bond motifs is 4. The van der Waals surface area contributed by atoms with Gasteiger partial charge in [-0.1, -0.05) is 58.0 Å². The van der Waals surface area contributed by atoms with E-state index < -0.39 is 0 Å². The van der Waals surface area contributed by atoms with Gasteiger partial charge in [-0.05, 0) is 51.6 Å². The summed E-state index contributed by atoms with van der Waals surface area (Å²) in [6.07, 6.45) is 4.25. The van der Waals surface area contributed by atoms with Gasteiger partial charge < -0.3 is 10.1 Å². The number of benzene rings is 3. The van der Waals surface area contributed by atoms with Gasteiger partial charge in [0, 0.05) is 56.3 Å². The van der Waals surface area contributed by atoms with Gasteiger partial charge in [0.05, 0.1) is 5.76 Å². The Hall–Kier alpha value is -3.40. The second kappa shape index (κ2) is 12.9. The summed E-state index contributed by atoms with van der Waals surface area (Å²) >= 11 is 0. The van der Waals surface area contributed by atoms with Crippen LogP contribution in [0, 0.1) is 17.9 Å². The third-order valence-electron chi connectivity index (χ3n) is 6.13. The summed E-state index contributed by atoms with van der Waals surface area (Å²) in [6, 6.07) is 24.9. The molecule has 5 rings (SSSR count). The smallest absolute Gasteiger partial charge is 0.194 e. The minimum Gasteiger partial charge on any atom is -0.512 e. The summed E-state index contributed by atoms with van der Waals surface area (Å²) in [4.78, 5) is 28.4. The van der Waals surface area contributed by atoms with Crippen LogP contribution >= 0.6 is 0 Å². The van der Waals surface area contributed by atoms with Crippen molar-refractivity contribution < 1.29 is 34.8 Å². The molecule has 1 aliphatic rings. The zero-order chi connectivity index (χ0) is 26.5. The Morgan fingerprint density at radius 1 is 0.895 bits per heavy atom. The van der Waals surface area contributed by atoms with Crippen LogP contribution in [0.15, 0.2) is 84.8 Å². The number of ketones is 2. The van der Waals surface area contributed by atoms with Gasteiger partial charge in [-0.2, -0.15) is 0 Å². The fourth-order valence-electron chi connectivity index (χ4n) is 4.57. The zero-order valence-corrected chi connectivity index (χ0v) is 24.5. The molecule has 5 heteroatoms. The van der Waals surface area contributed by atoms with Crippen molar-refractivity contribution in [3.05, 3.63) is 102 Å². The van der Waals surface area contributed by atoms with E-state index in [0.717, 1.165) is 44.3 Å². The van der Waals surface area contributed by atoms with Gasteiger partial charge in [-0.15, -0.1) is 35.9 Å². The van der Waals surface area contributed by atoms with Gasteiger partial charge >= 0.3 is 0 Å². The van der Waals surface area contributed by atoms with Crippen LogP contribution in [-0.4, -0.2) is 21.7 Å². The number of hydrogen-bond donors (Lipinski definition) is 1. The van der Waals surface area contributed by atoms with Crippen molar-refractivity contribution in [1.29, 1.82) is 0 Å². The molecule has 1 aliphatic carbocycles. The molecule has 0 amide bonds. The van der Waals surface area contributed by atoms with Crippen molar-refractivity contribution >= 4 is 22.3 Å². The number of nitrogens with zero attached hydrogens (tertiary/aromatic N) is 1. The van der Waals surface area contributed by atoms with E-state index in [2.05, 4.69) is 17.1 Å². The number of aliphatic hydroxyl groups excluding tert-OH is 1. The van der Waals surface area contributed by atoms with Crippen molar-refractivity contribution in [2.45, 2.75) is 40.5 Å². The topological polar surface area (TPSA) is 67.3 Å². The molecule has 0 fully saturated rings. The van der Waals surface area contributed by atoms with Crippen molar-refractivity contribution in [2.24, 2.45) is 11.8 Å². The van der Waals surface area contributed by atoms with Crippen molar-refractivity contribution in [2.75, 3.05) is 0 Å². The average Bonchev–Trinajstić information content (AvgIpc) is 3.13. The minimum atomic E-state index is 0. The fourth-order valence-corrected chi connectivity index (χ4v) is 4.57. The van der Waals surface area contributed by atoms with Crippen LogP contribution in [0.25, 0.3) is 33.2 Å². The first kappa shape index (κ1) is 29.2. The van der Waals surface area contributed by atoms with Gasteiger partial charge in [0.15, 0.2) is 11.6 Å². The molecule has 197 valence electrons. The Morgan fingerprint density at radius 2 is 1.58 bits per heavy atom. The third-order valence-corrected chi connectivity index (χ3v) is 6.13. The molecular formula is C33H32IrNO3-. The van der Waals surface area contributed by atoms with E-state index >= 15 is 0 Å². The predicted octanol–water partition coefficient (Wildman–Crippen LogP) is 8.00. The van der Waals surface area contributed by atoms with Gasteiger partial charge in [0.25, 0.3) is 0 Å². The zero-order valence-electron chi connectivity index (χ0n) is 22.1. The average molecular weight is 683 g/mol. The quantitative estimate of drug-likeness (QED) is 0.112. The van der Waals surface area contributed by atoms with Crippen molar-refractivity contribution in [3.63, 3.8) is 0 Å². The van der Waals surface area contributed by atoms with Crippen LogP contribution in [0.3, 0.4) is 0 Å². The SMILES string of the molecule is CC(C)CC(=O)/C=C(\O)CC(C)C.O=C1c2ccccc2-c2cc3c(-c4[c-]cccc4)nccc3cc21.[Ir]. The normalized spacial score (nSPS) is 12.1. The van der Waals surface area contributed by atoms with E-state index in [9.17, 15) is 14.7 Å². The van der Waals surface area contributed by atoms with E-state index in [-0.39, 0.29) is 37.4 Å². The van der Waals surface area contributed by atoms with Crippen molar-refractivity contribution in [3.8, 4) is 22.4 Å². The number of pyridine rings is 1. The monoisotopic (exact) mass is 683 g/mol. The van der Waals surface area contributed by atoms with Crippen LogP contribution in [0.5, 0.6) is 0 Å². The summed E-state index contributed by atoms with van der Waals surface area (Å²) in [6.45, 7) is 8.00. The number of carbonyl (C=O) groups excluding carboxylic acids is 2. The maximum atomic E-state index is 12.7. The summed E-state index contributed by atoms with van der Waals surface area (Å²) in [5.41, 5.74) is 5.41. The van der Waals surface area contributed by atoms with E-state index in [1.54, 1.807) is 6.20 Å². The summed E-state index contributed by atoms with van der Waals surface area (Å²) in [7, 11) is 0. The Labute approximate surface area is 238 Å². The summed E-state index contributed by atoms with van der Waals surface area (Å²) in [5.74, 6) is 1.08. The Kier molecular flexibility index (Phi) is 9.90. The molecule has 4 aromatic rings. The van der Waals surface area contributed by atoms with Crippen LogP contribution in [0.2, 0.25) is 0 Å². The van der Waals surface area contributed by atoms with E-state index in [0.29, 0.717) is 24.7 Å². The number of allylic oxidation sites excluding steroid dienone is 2. The molecular weight excluding hydrogens is 651 g/mol. The predicted molar refractivity (Wildman–Crippen MR) is 150 cm³/mol. The molecule has 0 saturated carbocycles. The maximum absolute atomic E-state index is 12.7. The van der Waals surface area contributed by atoms with Crippen molar-refractivity contribution in [1.82, 2.24) is 4.98 Å². The largest absolute Gasteiger partial charge is 0.512 e. The molecule has 0 atom stereocenters. The molecule has 1 radical (unpaired) electrons. The number of carbonyl (C=O) groups is 2. The Balaban J connectivity index is 0.000000248. The number of hydrogen-bond acceptors (Lipinski definition) is 4. The second-order valence-electron chi connectivity index (χ2n) is 10.2. The number of aliphatic hydroxyl groups is 1. The Bertz CT molecular complexity index is 1470.